The predicted octanol–water partition coefficient (Wildman–Crippen LogP) is 2.76. The van der Waals surface area contributed by atoms with E-state index in [-0.39, 0.29) is 6.61 Å². The van der Waals surface area contributed by atoms with Gasteiger partial charge in [0.25, 0.3) is 0 Å². The van der Waals surface area contributed by atoms with E-state index in [2.05, 4.69) is 54.8 Å². The van der Waals surface area contributed by atoms with Crippen molar-refractivity contribution in [3.8, 4) is 11.3 Å². The highest BCUT2D eigenvalue weighted by molar-refractivity contribution is 5.61. The molecular weight excluding hydrogens is 198 g/mol. The smallest absolute Gasteiger partial charge is 0.0610 e. The maximum Gasteiger partial charge on any atom is 0.0610 e. The van der Waals surface area contributed by atoms with Gasteiger partial charge in [-0.05, 0) is 37.6 Å². The van der Waals surface area contributed by atoms with Crippen molar-refractivity contribution in [2.75, 3.05) is 6.61 Å². The Morgan fingerprint density at radius 1 is 1.12 bits per heavy atom. The van der Waals surface area contributed by atoms with E-state index in [0.717, 1.165) is 0 Å². The van der Waals surface area contributed by atoms with Gasteiger partial charge in [-0.25, -0.2) is 0 Å². The zero-order valence-corrected chi connectivity index (χ0v) is 9.77. The monoisotopic (exact) mass is 215 g/mol. The minimum atomic E-state index is 0.175. The highest BCUT2D eigenvalue weighted by Gasteiger charge is 2.06. The quantitative estimate of drug-likeness (QED) is 0.836. The molecule has 2 rings (SSSR count). The molecule has 1 aromatic heterocycles. The molecule has 0 aliphatic heterocycles. The van der Waals surface area contributed by atoms with Crippen molar-refractivity contribution in [1.29, 1.82) is 0 Å². The Labute approximate surface area is 96.2 Å². The first-order chi connectivity index (χ1) is 7.72. The van der Waals surface area contributed by atoms with Gasteiger partial charge >= 0.3 is 0 Å². The molecule has 0 saturated heterocycles. The predicted molar refractivity (Wildman–Crippen MR) is 66.4 cm³/mol. The van der Waals surface area contributed by atoms with Crippen LogP contribution in [0.15, 0.2) is 36.4 Å². The molecule has 1 heterocycles. The van der Waals surface area contributed by atoms with Gasteiger partial charge in [-0.3, -0.25) is 0 Å². The maximum absolute atomic E-state index is 9.07. The summed E-state index contributed by atoms with van der Waals surface area (Å²) in [5.41, 5.74) is 4.83. The standard InChI is InChI=1S/C14H17NO/c1-11-4-3-5-13(10-11)14-7-6-12(2)15(14)8-9-16/h3-7,10,16H,8-9H2,1-2H3. The van der Waals surface area contributed by atoms with Crippen LogP contribution in [0.2, 0.25) is 0 Å². The first-order valence-electron chi connectivity index (χ1n) is 5.56. The van der Waals surface area contributed by atoms with Crippen molar-refractivity contribution in [1.82, 2.24) is 4.57 Å². The summed E-state index contributed by atoms with van der Waals surface area (Å²) in [5, 5.41) is 9.07. The van der Waals surface area contributed by atoms with Crippen LogP contribution < -0.4 is 0 Å². The molecule has 2 heteroatoms. The number of hydrogen-bond acceptors (Lipinski definition) is 1. The van der Waals surface area contributed by atoms with E-state index in [0.29, 0.717) is 6.54 Å². The topological polar surface area (TPSA) is 25.2 Å². The van der Waals surface area contributed by atoms with Crippen molar-refractivity contribution in [3.05, 3.63) is 47.7 Å². The minimum Gasteiger partial charge on any atom is -0.395 e. The van der Waals surface area contributed by atoms with Crippen LogP contribution in [-0.2, 0) is 6.54 Å². The molecule has 0 atom stereocenters. The van der Waals surface area contributed by atoms with E-state index in [1.54, 1.807) is 0 Å². The molecule has 0 aliphatic carbocycles. The fourth-order valence-electron chi connectivity index (χ4n) is 2.02. The second kappa shape index (κ2) is 4.54. The van der Waals surface area contributed by atoms with Gasteiger partial charge in [0.05, 0.1) is 6.61 Å². The fourth-order valence-corrected chi connectivity index (χ4v) is 2.02. The normalized spacial score (nSPS) is 10.7. The van der Waals surface area contributed by atoms with Crippen LogP contribution in [0.5, 0.6) is 0 Å². The van der Waals surface area contributed by atoms with Gasteiger partial charge in [-0.2, -0.15) is 0 Å². The van der Waals surface area contributed by atoms with E-state index < -0.39 is 0 Å². The first kappa shape index (κ1) is 11.0. The van der Waals surface area contributed by atoms with Crippen molar-refractivity contribution < 1.29 is 5.11 Å². The molecule has 0 aliphatic rings. The molecule has 0 spiro atoms. The molecule has 1 aromatic carbocycles. The molecule has 16 heavy (non-hydrogen) atoms. The van der Waals surface area contributed by atoms with Crippen molar-refractivity contribution in [2.24, 2.45) is 0 Å². The van der Waals surface area contributed by atoms with Crippen LogP contribution >= 0.6 is 0 Å². The van der Waals surface area contributed by atoms with Crippen molar-refractivity contribution >= 4 is 0 Å². The largest absolute Gasteiger partial charge is 0.395 e. The molecule has 2 nitrogen and oxygen atoms in total. The molecule has 1 N–H and O–H groups in total. The Bertz CT molecular complexity index is 485. The van der Waals surface area contributed by atoms with Gasteiger partial charge in [-0.15, -0.1) is 0 Å². The Morgan fingerprint density at radius 3 is 2.62 bits per heavy atom. The molecule has 0 saturated carbocycles. The van der Waals surface area contributed by atoms with Crippen LogP contribution in [0.1, 0.15) is 11.3 Å². The second-order valence-corrected chi connectivity index (χ2v) is 4.10. The molecule has 0 radical (unpaired) electrons. The summed E-state index contributed by atoms with van der Waals surface area (Å²) in [6.45, 7) is 4.99. The van der Waals surface area contributed by atoms with Crippen LogP contribution in [-0.4, -0.2) is 16.3 Å². The number of nitrogens with zero attached hydrogens (tertiary/aromatic N) is 1. The minimum absolute atomic E-state index is 0.175. The SMILES string of the molecule is Cc1cccc(-c2ccc(C)n2CCO)c1. The summed E-state index contributed by atoms with van der Waals surface area (Å²) >= 11 is 0. The zero-order valence-electron chi connectivity index (χ0n) is 9.77. The lowest BCUT2D eigenvalue weighted by Crippen LogP contribution is -2.05. The Kier molecular flexibility index (Phi) is 3.11. The van der Waals surface area contributed by atoms with E-state index in [4.69, 9.17) is 5.11 Å². The lowest BCUT2D eigenvalue weighted by Gasteiger charge is -2.10. The van der Waals surface area contributed by atoms with Gasteiger partial charge in [0.2, 0.25) is 0 Å². The first-order valence-corrected chi connectivity index (χ1v) is 5.56. The van der Waals surface area contributed by atoms with Gasteiger partial charge in [0.15, 0.2) is 0 Å². The average Bonchev–Trinajstić information content (AvgIpc) is 2.61. The highest BCUT2D eigenvalue weighted by Crippen LogP contribution is 2.23. The molecule has 84 valence electrons. The summed E-state index contributed by atoms with van der Waals surface area (Å²) in [5.74, 6) is 0. The van der Waals surface area contributed by atoms with Gasteiger partial charge in [0, 0.05) is 17.9 Å². The summed E-state index contributed by atoms with van der Waals surface area (Å²) in [6, 6.07) is 12.6. The maximum atomic E-state index is 9.07. The lowest BCUT2D eigenvalue weighted by molar-refractivity contribution is 0.276. The van der Waals surface area contributed by atoms with Crippen molar-refractivity contribution in [3.63, 3.8) is 0 Å². The number of aryl methyl sites for hydroxylation is 2. The summed E-state index contributed by atoms with van der Waals surface area (Å²) in [6.07, 6.45) is 0. The number of aliphatic hydroxyl groups excluding tert-OH is 1. The summed E-state index contributed by atoms with van der Waals surface area (Å²) in [4.78, 5) is 0. The number of aliphatic hydroxyl groups is 1. The third-order valence-electron chi connectivity index (χ3n) is 2.84. The lowest BCUT2D eigenvalue weighted by atomic mass is 10.1. The molecule has 0 bridgehead atoms. The van der Waals surface area contributed by atoms with Gasteiger partial charge in [-0.1, -0.05) is 23.8 Å². The molecule has 0 amide bonds. The van der Waals surface area contributed by atoms with E-state index in [1.165, 1.54) is 22.5 Å². The van der Waals surface area contributed by atoms with Crippen LogP contribution in [0.4, 0.5) is 0 Å². The zero-order chi connectivity index (χ0) is 11.5. The van der Waals surface area contributed by atoms with Gasteiger partial charge < -0.3 is 9.67 Å². The Morgan fingerprint density at radius 2 is 1.94 bits per heavy atom. The second-order valence-electron chi connectivity index (χ2n) is 4.10. The van der Waals surface area contributed by atoms with Crippen LogP contribution in [0.25, 0.3) is 11.3 Å². The molecule has 2 aromatic rings. The Balaban J connectivity index is 2.47. The van der Waals surface area contributed by atoms with Gasteiger partial charge in [0.1, 0.15) is 0 Å². The van der Waals surface area contributed by atoms with Crippen LogP contribution in [0.3, 0.4) is 0 Å². The third kappa shape index (κ3) is 2.02. The highest BCUT2D eigenvalue weighted by atomic mass is 16.3. The molecule has 0 fully saturated rings. The molecular formula is C14H17NO. The van der Waals surface area contributed by atoms with Crippen molar-refractivity contribution in [2.45, 2.75) is 20.4 Å². The summed E-state index contributed by atoms with van der Waals surface area (Å²) < 4.78 is 2.15. The van der Waals surface area contributed by atoms with Crippen LogP contribution in [0, 0.1) is 13.8 Å². The summed E-state index contributed by atoms with van der Waals surface area (Å²) in [7, 11) is 0. The van der Waals surface area contributed by atoms with E-state index in [9.17, 15) is 0 Å². The number of benzene rings is 1. The van der Waals surface area contributed by atoms with E-state index in [1.807, 2.05) is 0 Å². The number of rotatable bonds is 3. The molecule has 0 unspecified atom stereocenters. The number of hydrogen-bond donors (Lipinski definition) is 1. The Hall–Kier alpha value is -1.54. The third-order valence-corrected chi connectivity index (χ3v) is 2.84. The number of aromatic nitrogens is 1. The average molecular weight is 215 g/mol. The fraction of sp³-hybridized carbons (Fsp3) is 0.286. The van der Waals surface area contributed by atoms with E-state index >= 15 is 0 Å².